The molecule has 0 fully saturated rings. The van der Waals surface area contributed by atoms with Crippen LogP contribution >= 0.6 is 0 Å². The molecule has 0 unspecified atom stereocenters. The Kier molecular flexibility index (Phi) is 5.86. The largest absolute Gasteiger partial charge is 1.00 e. The van der Waals surface area contributed by atoms with Crippen molar-refractivity contribution in [2.24, 2.45) is 0 Å². The molecular formula is C19H17NaO4. The van der Waals surface area contributed by atoms with Gasteiger partial charge in [0.25, 0.3) is 0 Å². The van der Waals surface area contributed by atoms with Gasteiger partial charge in [-0.2, -0.15) is 0 Å². The van der Waals surface area contributed by atoms with Crippen molar-refractivity contribution in [3.63, 3.8) is 0 Å². The first-order valence-electron chi connectivity index (χ1n) is 7.75. The fourth-order valence-corrected chi connectivity index (χ4v) is 3.11. The number of carbonyl (C=O) groups is 1. The van der Waals surface area contributed by atoms with E-state index in [0.717, 1.165) is 24.0 Å². The minimum Gasteiger partial charge on any atom is -0.550 e. The maximum absolute atomic E-state index is 12.8. The van der Waals surface area contributed by atoms with Gasteiger partial charge in [0.05, 0.1) is 10.8 Å². The van der Waals surface area contributed by atoms with Gasteiger partial charge in [0.15, 0.2) is 0 Å². The fraction of sp³-hybridized carbons (Fsp3) is 0.263. The predicted molar refractivity (Wildman–Crippen MR) is 87.5 cm³/mol. The van der Waals surface area contributed by atoms with Crippen LogP contribution < -0.4 is 40.1 Å². The summed E-state index contributed by atoms with van der Waals surface area (Å²) in [6.45, 7) is 4.08. The van der Waals surface area contributed by atoms with Crippen LogP contribution in [0.15, 0.2) is 39.5 Å². The van der Waals surface area contributed by atoms with Crippen molar-refractivity contribution in [3.05, 3.63) is 57.2 Å². The van der Waals surface area contributed by atoms with Crippen molar-refractivity contribution in [1.82, 2.24) is 0 Å². The SMILES string of the molecule is CCc1ccc2c(=O)c3cccc(CC(=O)[O-])c3oc2c1CC.[Na+]. The Morgan fingerprint density at radius 2 is 1.71 bits per heavy atom. The summed E-state index contributed by atoms with van der Waals surface area (Å²) >= 11 is 0. The van der Waals surface area contributed by atoms with Crippen LogP contribution in [0, 0.1) is 0 Å². The fourth-order valence-electron chi connectivity index (χ4n) is 3.11. The van der Waals surface area contributed by atoms with E-state index >= 15 is 0 Å². The van der Waals surface area contributed by atoms with Gasteiger partial charge in [-0.1, -0.05) is 32.0 Å². The number of carboxylic acids is 1. The smallest absolute Gasteiger partial charge is 0.550 e. The van der Waals surface area contributed by atoms with Crippen LogP contribution in [0.3, 0.4) is 0 Å². The number of benzene rings is 2. The monoisotopic (exact) mass is 332 g/mol. The van der Waals surface area contributed by atoms with E-state index in [1.807, 2.05) is 13.0 Å². The number of hydrogen-bond acceptors (Lipinski definition) is 4. The summed E-state index contributed by atoms with van der Waals surface area (Å²) in [5, 5.41) is 11.9. The van der Waals surface area contributed by atoms with E-state index in [-0.39, 0.29) is 41.4 Å². The number of carbonyl (C=O) groups excluding carboxylic acids is 1. The number of hydrogen-bond donors (Lipinski definition) is 0. The van der Waals surface area contributed by atoms with E-state index < -0.39 is 5.97 Å². The van der Waals surface area contributed by atoms with Crippen molar-refractivity contribution < 1.29 is 43.9 Å². The molecular weight excluding hydrogens is 315 g/mol. The van der Waals surface area contributed by atoms with Gasteiger partial charge in [-0.25, -0.2) is 0 Å². The zero-order chi connectivity index (χ0) is 16.6. The van der Waals surface area contributed by atoms with E-state index in [2.05, 4.69) is 6.92 Å². The number of fused-ring (bicyclic) bond motifs is 2. The van der Waals surface area contributed by atoms with Gasteiger partial charge >= 0.3 is 29.6 Å². The van der Waals surface area contributed by atoms with Crippen molar-refractivity contribution in [1.29, 1.82) is 0 Å². The van der Waals surface area contributed by atoms with Crippen molar-refractivity contribution in [2.75, 3.05) is 0 Å². The Hall–Kier alpha value is -1.62. The third-order valence-electron chi connectivity index (χ3n) is 4.22. The van der Waals surface area contributed by atoms with Gasteiger partial charge in [-0.05, 0) is 36.1 Å². The van der Waals surface area contributed by atoms with Gasteiger partial charge in [0, 0.05) is 18.0 Å². The first kappa shape index (κ1) is 18.7. The Balaban J connectivity index is 0.00000208. The molecule has 0 spiro atoms. The third-order valence-corrected chi connectivity index (χ3v) is 4.22. The first-order chi connectivity index (χ1) is 11.1. The average Bonchev–Trinajstić information content (AvgIpc) is 2.54. The quantitative estimate of drug-likeness (QED) is 0.471. The summed E-state index contributed by atoms with van der Waals surface area (Å²) in [4.78, 5) is 23.7. The van der Waals surface area contributed by atoms with E-state index in [1.54, 1.807) is 24.3 Å². The normalized spacial score (nSPS) is 10.8. The Labute approximate surface area is 161 Å². The van der Waals surface area contributed by atoms with Crippen LogP contribution in [0.5, 0.6) is 0 Å². The zero-order valence-corrected chi connectivity index (χ0v) is 16.1. The number of para-hydroxylation sites is 1. The standard InChI is InChI=1S/C19H18O4.Na/c1-3-11-8-9-15-17(22)14-7-5-6-12(10-16(20)21)18(14)23-19(15)13(11)4-2;/h5-9H,3-4,10H2,1-2H3,(H,20,21);/q;+1/p-1. The van der Waals surface area contributed by atoms with E-state index in [4.69, 9.17) is 4.42 Å². The van der Waals surface area contributed by atoms with E-state index in [9.17, 15) is 14.7 Å². The van der Waals surface area contributed by atoms with Crippen LogP contribution in [-0.4, -0.2) is 5.97 Å². The molecule has 0 amide bonds. The van der Waals surface area contributed by atoms with E-state index in [0.29, 0.717) is 27.5 Å². The molecule has 0 aliphatic rings. The summed E-state index contributed by atoms with van der Waals surface area (Å²) in [7, 11) is 0. The second kappa shape index (κ2) is 7.51. The zero-order valence-electron chi connectivity index (χ0n) is 14.1. The summed E-state index contributed by atoms with van der Waals surface area (Å²) in [5.74, 6) is -1.20. The van der Waals surface area contributed by atoms with Gasteiger partial charge < -0.3 is 14.3 Å². The summed E-state index contributed by atoms with van der Waals surface area (Å²) in [6.07, 6.45) is 1.32. The molecule has 5 heteroatoms. The summed E-state index contributed by atoms with van der Waals surface area (Å²) in [5.41, 5.74) is 3.39. The van der Waals surface area contributed by atoms with Crippen molar-refractivity contribution >= 4 is 27.9 Å². The first-order valence-corrected chi connectivity index (χ1v) is 7.75. The molecule has 1 aromatic heterocycles. The van der Waals surface area contributed by atoms with E-state index in [1.165, 1.54) is 0 Å². The maximum Gasteiger partial charge on any atom is 1.00 e. The Morgan fingerprint density at radius 3 is 2.33 bits per heavy atom. The molecule has 118 valence electrons. The number of aliphatic carboxylic acids is 1. The maximum atomic E-state index is 12.8. The van der Waals surface area contributed by atoms with Crippen LogP contribution in [0.1, 0.15) is 30.5 Å². The molecule has 3 aromatic rings. The second-order valence-electron chi connectivity index (χ2n) is 5.56. The molecule has 0 aliphatic heterocycles. The molecule has 0 radical (unpaired) electrons. The molecule has 2 aromatic carbocycles. The molecule has 1 heterocycles. The summed E-state index contributed by atoms with van der Waals surface area (Å²) in [6, 6.07) is 8.75. The molecule has 4 nitrogen and oxygen atoms in total. The molecule has 0 bridgehead atoms. The molecule has 3 rings (SSSR count). The van der Waals surface area contributed by atoms with Gasteiger partial charge in [0.2, 0.25) is 5.43 Å². The van der Waals surface area contributed by atoms with Gasteiger partial charge in [-0.3, -0.25) is 4.79 Å². The molecule has 0 saturated carbocycles. The van der Waals surface area contributed by atoms with Crippen molar-refractivity contribution in [3.8, 4) is 0 Å². The summed E-state index contributed by atoms with van der Waals surface area (Å²) < 4.78 is 6.03. The molecule has 0 atom stereocenters. The van der Waals surface area contributed by atoms with Gasteiger partial charge in [-0.15, -0.1) is 0 Å². The Bertz CT molecular complexity index is 972. The number of aryl methyl sites for hydroxylation is 2. The van der Waals surface area contributed by atoms with Crippen LogP contribution in [0.4, 0.5) is 0 Å². The number of rotatable bonds is 4. The topological polar surface area (TPSA) is 70.3 Å². The minimum atomic E-state index is -1.20. The molecule has 0 aliphatic carbocycles. The number of carboxylic acid groups (broad SMARTS) is 1. The second-order valence-corrected chi connectivity index (χ2v) is 5.56. The van der Waals surface area contributed by atoms with Crippen LogP contribution in [0.25, 0.3) is 21.9 Å². The average molecular weight is 332 g/mol. The van der Waals surface area contributed by atoms with Crippen molar-refractivity contribution in [2.45, 2.75) is 33.1 Å². The minimum absolute atomic E-state index is 0. The van der Waals surface area contributed by atoms with Crippen LogP contribution in [0.2, 0.25) is 0 Å². The molecule has 0 N–H and O–H groups in total. The Morgan fingerprint density at radius 1 is 1.00 bits per heavy atom. The predicted octanol–water partition coefficient (Wildman–Crippen LogP) is -0.633. The van der Waals surface area contributed by atoms with Gasteiger partial charge in [0.1, 0.15) is 11.2 Å². The third kappa shape index (κ3) is 3.14. The van der Waals surface area contributed by atoms with Crippen LogP contribution in [-0.2, 0) is 24.1 Å². The molecule has 24 heavy (non-hydrogen) atoms. The molecule has 0 saturated heterocycles.